The lowest BCUT2D eigenvalue weighted by Gasteiger charge is -2.09. The Morgan fingerprint density at radius 2 is 2.24 bits per heavy atom. The van der Waals surface area contributed by atoms with E-state index in [0.29, 0.717) is 13.1 Å². The van der Waals surface area contributed by atoms with Crippen LogP contribution in [0.1, 0.15) is 29.3 Å². The quantitative estimate of drug-likeness (QED) is 0.636. The number of nitrogens with one attached hydrogen (secondary N) is 2. The second-order valence-corrected chi connectivity index (χ2v) is 6.01. The molecule has 2 aromatic heterocycles. The number of aryl methyl sites for hydroxylation is 2. The predicted molar refractivity (Wildman–Crippen MR) is 88.6 cm³/mol. The van der Waals surface area contributed by atoms with Gasteiger partial charge in [0.05, 0.1) is 13.1 Å². The molecule has 6 heteroatoms. The van der Waals surface area contributed by atoms with E-state index in [1.807, 2.05) is 24.0 Å². The van der Waals surface area contributed by atoms with Gasteiger partial charge in [0.25, 0.3) is 0 Å². The van der Waals surface area contributed by atoms with Crippen molar-refractivity contribution < 1.29 is 0 Å². The van der Waals surface area contributed by atoms with Gasteiger partial charge in [0.2, 0.25) is 0 Å². The molecule has 0 amide bonds. The molecule has 0 bridgehead atoms. The highest BCUT2D eigenvalue weighted by atomic mass is 32.1. The summed E-state index contributed by atoms with van der Waals surface area (Å²) in [5.41, 5.74) is 1.21. The summed E-state index contributed by atoms with van der Waals surface area (Å²) in [6.07, 6.45) is 7.12. The number of nitrogens with zero attached hydrogens (tertiary/aromatic N) is 3. The summed E-state index contributed by atoms with van der Waals surface area (Å²) in [5.74, 6) is 0.828. The van der Waals surface area contributed by atoms with Crippen molar-refractivity contribution in [3.05, 3.63) is 40.1 Å². The number of thiazole rings is 1. The topological polar surface area (TPSA) is 54.2 Å². The van der Waals surface area contributed by atoms with Gasteiger partial charge in [-0.1, -0.05) is 6.92 Å². The number of aromatic nitrogens is 2. The van der Waals surface area contributed by atoms with Gasteiger partial charge in [0.15, 0.2) is 5.96 Å². The average molecular weight is 305 g/mol. The van der Waals surface area contributed by atoms with Gasteiger partial charge in [-0.2, -0.15) is 0 Å². The molecule has 0 aliphatic rings. The maximum Gasteiger partial charge on any atom is 0.191 e. The van der Waals surface area contributed by atoms with Crippen molar-refractivity contribution in [1.29, 1.82) is 0 Å². The lowest BCUT2D eigenvalue weighted by atomic mass is 10.3. The Labute approximate surface area is 130 Å². The minimum absolute atomic E-state index is 0.675. The zero-order chi connectivity index (χ0) is 15.1. The van der Waals surface area contributed by atoms with E-state index in [1.54, 1.807) is 11.3 Å². The zero-order valence-electron chi connectivity index (χ0n) is 12.9. The number of guanidine groups is 1. The van der Waals surface area contributed by atoms with E-state index in [1.165, 1.54) is 10.4 Å². The normalized spacial score (nSPS) is 11.7. The summed E-state index contributed by atoms with van der Waals surface area (Å²) in [5, 5.41) is 7.69. The van der Waals surface area contributed by atoms with E-state index in [4.69, 9.17) is 0 Å². The third-order valence-corrected chi connectivity index (χ3v) is 4.16. The van der Waals surface area contributed by atoms with Crippen molar-refractivity contribution in [1.82, 2.24) is 20.2 Å². The van der Waals surface area contributed by atoms with E-state index in [0.717, 1.165) is 23.9 Å². The van der Waals surface area contributed by atoms with Crippen LogP contribution >= 0.6 is 11.3 Å². The Kier molecular flexibility index (Phi) is 5.80. The highest BCUT2D eigenvalue weighted by Crippen LogP contribution is 2.12. The van der Waals surface area contributed by atoms with Gasteiger partial charge in [-0.15, -0.1) is 11.3 Å². The van der Waals surface area contributed by atoms with Crippen LogP contribution in [0.15, 0.2) is 29.6 Å². The lowest BCUT2D eigenvalue weighted by molar-refractivity contribution is 0.810. The zero-order valence-corrected chi connectivity index (χ0v) is 13.7. The van der Waals surface area contributed by atoms with E-state index in [-0.39, 0.29) is 0 Å². The summed E-state index contributed by atoms with van der Waals surface area (Å²) in [7, 11) is 2.02. The Bertz CT molecular complexity index is 584. The molecule has 0 saturated carbocycles. The summed E-state index contributed by atoms with van der Waals surface area (Å²) < 4.78 is 2.03. The fourth-order valence-corrected chi connectivity index (χ4v) is 2.72. The Hall–Kier alpha value is -1.82. The molecule has 0 radical (unpaired) electrons. The molecule has 0 atom stereocenters. The fourth-order valence-electron chi connectivity index (χ4n) is 1.92. The molecule has 2 rings (SSSR count). The SMILES string of the molecule is CCNC(=NCc1ccn(C)c1)NCc1ncc(CC)s1. The van der Waals surface area contributed by atoms with Gasteiger partial charge in [0.1, 0.15) is 5.01 Å². The maximum atomic E-state index is 4.60. The van der Waals surface area contributed by atoms with Crippen LogP contribution in [0.5, 0.6) is 0 Å². The fraction of sp³-hybridized carbons (Fsp3) is 0.467. The van der Waals surface area contributed by atoms with Crippen LogP contribution in [0.25, 0.3) is 0 Å². The summed E-state index contributed by atoms with van der Waals surface area (Å²) in [4.78, 5) is 10.3. The average Bonchev–Trinajstić information content (AvgIpc) is 3.10. The third kappa shape index (κ3) is 4.90. The molecule has 5 nitrogen and oxygen atoms in total. The first-order chi connectivity index (χ1) is 10.2. The third-order valence-electron chi connectivity index (χ3n) is 3.01. The minimum Gasteiger partial charge on any atom is -0.357 e. The van der Waals surface area contributed by atoms with E-state index in [2.05, 4.69) is 46.7 Å². The van der Waals surface area contributed by atoms with Crippen LogP contribution in [-0.4, -0.2) is 22.1 Å². The second kappa shape index (κ2) is 7.83. The van der Waals surface area contributed by atoms with Crippen molar-refractivity contribution in [3.63, 3.8) is 0 Å². The standard InChI is InChI=1S/C15H23N5S/c1-4-13-9-17-14(21-13)10-19-15(16-5-2)18-8-12-6-7-20(3)11-12/h6-7,9,11H,4-5,8,10H2,1-3H3,(H2,16,18,19). The molecule has 0 aromatic carbocycles. The van der Waals surface area contributed by atoms with Gasteiger partial charge < -0.3 is 15.2 Å². The molecule has 0 unspecified atom stereocenters. The molecule has 114 valence electrons. The molecule has 2 aromatic rings. The Morgan fingerprint density at radius 1 is 1.38 bits per heavy atom. The highest BCUT2D eigenvalue weighted by Gasteiger charge is 2.03. The van der Waals surface area contributed by atoms with Crippen LogP contribution in [-0.2, 0) is 26.6 Å². The number of hydrogen-bond acceptors (Lipinski definition) is 3. The first kappa shape index (κ1) is 15.6. The highest BCUT2D eigenvalue weighted by molar-refractivity contribution is 7.11. The molecular formula is C15H23N5S. The monoisotopic (exact) mass is 305 g/mol. The van der Waals surface area contributed by atoms with Gasteiger partial charge in [-0.3, -0.25) is 0 Å². The molecule has 0 saturated heterocycles. The van der Waals surface area contributed by atoms with E-state index in [9.17, 15) is 0 Å². The molecular weight excluding hydrogens is 282 g/mol. The smallest absolute Gasteiger partial charge is 0.191 e. The summed E-state index contributed by atoms with van der Waals surface area (Å²) >= 11 is 1.75. The van der Waals surface area contributed by atoms with Gasteiger partial charge in [0, 0.05) is 37.1 Å². The van der Waals surface area contributed by atoms with Crippen LogP contribution in [0.2, 0.25) is 0 Å². The van der Waals surface area contributed by atoms with Crippen LogP contribution in [0.3, 0.4) is 0 Å². The molecule has 21 heavy (non-hydrogen) atoms. The number of rotatable bonds is 6. The molecule has 2 N–H and O–H groups in total. The Balaban J connectivity index is 1.91. The van der Waals surface area contributed by atoms with Gasteiger partial charge in [-0.05, 0) is 25.0 Å². The molecule has 2 heterocycles. The van der Waals surface area contributed by atoms with Crippen molar-refractivity contribution in [3.8, 4) is 0 Å². The van der Waals surface area contributed by atoms with Crippen molar-refractivity contribution in [2.75, 3.05) is 6.54 Å². The Morgan fingerprint density at radius 3 is 2.86 bits per heavy atom. The van der Waals surface area contributed by atoms with Crippen LogP contribution in [0, 0.1) is 0 Å². The lowest BCUT2D eigenvalue weighted by Crippen LogP contribution is -2.36. The summed E-state index contributed by atoms with van der Waals surface area (Å²) in [6, 6.07) is 2.08. The van der Waals surface area contributed by atoms with E-state index >= 15 is 0 Å². The first-order valence-corrected chi connectivity index (χ1v) is 8.09. The first-order valence-electron chi connectivity index (χ1n) is 7.27. The van der Waals surface area contributed by atoms with Crippen LogP contribution in [0.4, 0.5) is 0 Å². The molecule has 0 spiro atoms. The number of aliphatic imine (C=N–C) groups is 1. The predicted octanol–water partition coefficient (Wildman–Crippen LogP) is 2.30. The second-order valence-electron chi connectivity index (χ2n) is 4.81. The number of hydrogen-bond donors (Lipinski definition) is 2. The van der Waals surface area contributed by atoms with Crippen molar-refractivity contribution >= 4 is 17.3 Å². The van der Waals surface area contributed by atoms with Crippen molar-refractivity contribution in [2.45, 2.75) is 33.4 Å². The van der Waals surface area contributed by atoms with Gasteiger partial charge in [-0.25, -0.2) is 9.98 Å². The molecule has 0 fully saturated rings. The maximum absolute atomic E-state index is 4.60. The molecule has 0 aliphatic carbocycles. The van der Waals surface area contributed by atoms with Crippen LogP contribution < -0.4 is 10.6 Å². The minimum atomic E-state index is 0.675. The largest absolute Gasteiger partial charge is 0.357 e. The van der Waals surface area contributed by atoms with Gasteiger partial charge >= 0.3 is 0 Å². The molecule has 0 aliphatic heterocycles. The van der Waals surface area contributed by atoms with Crippen molar-refractivity contribution in [2.24, 2.45) is 12.0 Å². The van der Waals surface area contributed by atoms with E-state index < -0.39 is 0 Å². The summed E-state index contributed by atoms with van der Waals surface area (Å²) in [6.45, 7) is 6.45.